The average molecular weight is 299 g/mol. The van der Waals surface area contributed by atoms with E-state index in [0.29, 0.717) is 12.6 Å². The molecule has 120 valence electrons. The maximum Gasteiger partial charge on any atom is 0.329 e. The van der Waals surface area contributed by atoms with E-state index in [9.17, 15) is 9.59 Å². The summed E-state index contributed by atoms with van der Waals surface area (Å²) in [4.78, 5) is 26.9. The van der Waals surface area contributed by atoms with Gasteiger partial charge < -0.3 is 20.1 Å². The molecule has 2 heterocycles. The molecule has 0 radical (unpaired) electrons. The van der Waals surface area contributed by atoms with Crippen LogP contribution in [0.1, 0.15) is 26.2 Å². The molecule has 2 N–H and O–H groups in total. The Hall–Kier alpha value is -1.34. The predicted molar refractivity (Wildman–Crippen MR) is 77.2 cm³/mol. The summed E-state index contributed by atoms with van der Waals surface area (Å²) < 4.78 is 4.90. The molecule has 2 aliphatic heterocycles. The number of carboxylic acid groups (broad SMARTS) is 1. The van der Waals surface area contributed by atoms with Crippen molar-refractivity contribution in [1.29, 1.82) is 0 Å². The summed E-state index contributed by atoms with van der Waals surface area (Å²) in [5, 5.41) is 11.2. The van der Waals surface area contributed by atoms with Gasteiger partial charge in [-0.05, 0) is 26.3 Å². The minimum Gasteiger partial charge on any atom is -0.480 e. The lowest BCUT2D eigenvalue weighted by atomic mass is 9.97. The first-order chi connectivity index (χ1) is 10.1. The number of carbonyl (C=O) groups is 2. The Morgan fingerprint density at radius 2 is 2.14 bits per heavy atom. The second-order valence-electron chi connectivity index (χ2n) is 5.82. The SMILES string of the molecule is CC1CN2CCCCC2CN1C(=O)NCCOCC(=O)O. The first kappa shape index (κ1) is 16.0. The van der Waals surface area contributed by atoms with Crippen LogP contribution in [-0.2, 0) is 9.53 Å². The highest BCUT2D eigenvalue weighted by Gasteiger charge is 2.34. The smallest absolute Gasteiger partial charge is 0.329 e. The van der Waals surface area contributed by atoms with E-state index in [-0.39, 0.29) is 25.3 Å². The van der Waals surface area contributed by atoms with Crippen molar-refractivity contribution in [3.05, 3.63) is 0 Å². The zero-order valence-electron chi connectivity index (χ0n) is 12.6. The van der Waals surface area contributed by atoms with Gasteiger partial charge in [0.25, 0.3) is 0 Å². The highest BCUT2D eigenvalue weighted by atomic mass is 16.5. The minimum absolute atomic E-state index is 0.0772. The molecule has 0 bridgehead atoms. The van der Waals surface area contributed by atoms with Crippen LogP contribution in [0.25, 0.3) is 0 Å². The van der Waals surface area contributed by atoms with Crippen molar-refractivity contribution in [3.8, 4) is 0 Å². The number of piperazine rings is 1. The van der Waals surface area contributed by atoms with Crippen LogP contribution in [0.5, 0.6) is 0 Å². The van der Waals surface area contributed by atoms with Crippen LogP contribution in [0.15, 0.2) is 0 Å². The molecule has 2 rings (SSSR count). The Morgan fingerprint density at radius 1 is 1.33 bits per heavy atom. The Labute approximate surface area is 125 Å². The lowest BCUT2D eigenvalue weighted by Crippen LogP contribution is -2.61. The normalized spacial score (nSPS) is 26.2. The Kier molecular flexibility index (Phi) is 5.81. The number of nitrogens with zero attached hydrogens (tertiary/aromatic N) is 2. The van der Waals surface area contributed by atoms with Gasteiger partial charge in [-0.25, -0.2) is 9.59 Å². The number of nitrogens with one attached hydrogen (secondary N) is 1. The van der Waals surface area contributed by atoms with Crippen LogP contribution in [0.2, 0.25) is 0 Å². The van der Waals surface area contributed by atoms with Crippen molar-refractivity contribution in [2.45, 2.75) is 38.3 Å². The lowest BCUT2D eigenvalue weighted by Gasteiger charge is -2.47. The van der Waals surface area contributed by atoms with E-state index in [4.69, 9.17) is 9.84 Å². The van der Waals surface area contributed by atoms with Gasteiger partial charge in [0, 0.05) is 31.7 Å². The Balaban J connectivity index is 1.72. The molecule has 2 amide bonds. The van der Waals surface area contributed by atoms with E-state index in [2.05, 4.69) is 17.1 Å². The molecule has 2 aliphatic rings. The maximum atomic E-state index is 12.2. The van der Waals surface area contributed by atoms with Gasteiger partial charge in [0.1, 0.15) is 6.61 Å². The van der Waals surface area contributed by atoms with Crippen LogP contribution in [0.3, 0.4) is 0 Å². The fourth-order valence-electron chi connectivity index (χ4n) is 3.13. The highest BCUT2D eigenvalue weighted by Crippen LogP contribution is 2.23. The zero-order chi connectivity index (χ0) is 15.2. The van der Waals surface area contributed by atoms with Crippen LogP contribution in [-0.4, -0.2) is 78.4 Å². The highest BCUT2D eigenvalue weighted by molar-refractivity contribution is 5.74. The van der Waals surface area contributed by atoms with Crippen LogP contribution >= 0.6 is 0 Å². The van der Waals surface area contributed by atoms with Gasteiger partial charge in [-0.2, -0.15) is 0 Å². The van der Waals surface area contributed by atoms with Crippen molar-refractivity contribution in [2.24, 2.45) is 0 Å². The van der Waals surface area contributed by atoms with Crippen molar-refractivity contribution in [3.63, 3.8) is 0 Å². The topological polar surface area (TPSA) is 82.1 Å². The molecule has 0 aliphatic carbocycles. The summed E-state index contributed by atoms with van der Waals surface area (Å²) in [6.07, 6.45) is 3.67. The molecule has 2 saturated heterocycles. The quantitative estimate of drug-likeness (QED) is 0.716. The molecule has 0 aromatic heterocycles. The van der Waals surface area contributed by atoms with Crippen molar-refractivity contribution in [2.75, 3.05) is 39.4 Å². The summed E-state index contributed by atoms with van der Waals surface area (Å²) in [6, 6.07) is 0.620. The third-order valence-corrected chi connectivity index (χ3v) is 4.20. The standard InChI is InChI=1S/C14H25N3O4/c1-11-8-16-6-3-2-4-12(16)9-17(11)14(20)15-5-7-21-10-13(18)19/h11-12H,2-10H2,1H3,(H,15,20)(H,18,19). The summed E-state index contributed by atoms with van der Waals surface area (Å²) in [6.45, 7) is 5.17. The summed E-state index contributed by atoms with van der Waals surface area (Å²) in [5.74, 6) is -0.997. The fourth-order valence-corrected chi connectivity index (χ4v) is 3.13. The van der Waals surface area contributed by atoms with Crippen LogP contribution in [0.4, 0.5) is 4.79 Å². The number of rotatable bonds is 5. The third kappa shape index (κ3) is 4.57. The van der Waals surface area contributed by atoms with Gasteiger partial charge in [0.05, 0.1) is 6.61 Å². The number of carboxylic acids is 1. The fraction of sp³-hybridized carbons (Fsp3) is 0.857. The molecule has 0 aromatic rings. The summed E-state index contributed by atoms with van der Waals surface area (Å²) in [5.41, 5.74) is 0. The minimum atomic E-state index is -0.997. The molecule has 21 heavy (non-hydrogen) atoms. The number of aliphatic carboxylic acids is 1. The monoisotopic (exact) mass is 299 g/mol. The van der Waals surface area contributed by atoms with Crippen molar-refractivity contribution >= 4 is 12.0 Å². The second-order valence-corrected chi connectivity index (χ2v) is 5.82. The van der Waals surface area contributed by atoms with Gasteiger partial charge in [-0.3, -0.25) is 4.90 Å². The van der Waals surface area contributed by atoms with E-state index >= 15 is 0 Å². The van der Waals surface area contributed by atoms with Gasteiger partial charge in [-0.1, -0.05) is 6.42 Å². The van der Waals surface area contributed by atoms with E-state index in [1.165, 1.54) is 12.8 Å². The molecule has 7 nitrogen and oxygen atoms in total. The van der Waals surface area contributed by atoms with Gasteiger partial charge in [-0.15, -0.1) is 0 Å². The molecule has 0 spiro atoms. The maximum absolute atomic E-state index is 12.2. The zero-order valence-corrected chi connectivity index (χ0v) is 12.6. The number of carbonyl (C=O) groups excluding carboxylic acids is 1. The van der Waals surface area contributed by atoms with E-state index in [1.807, 2.05) is 4.90 Å². The van der Waals surface area contributed by atoms with E-state index < -0.39 is 5.97 Å². The number of hydrogen-bond donors (Lipinski definition) is 2. The predicted octanol–water partition coefficient (Wildman–Crippen LogP) is 0.356. The molecular weight excluding hydrogens is 274 g/mol. The molecule has 0 aromatic carbocycles. The van der Waals surface area contributed by atoms with E-state index in [0.717, 1.165) is 26.1 Å². The largest absolute Gasteiger partial charge is 0.480 e. The molecule has 2 unspecified atom stereocenters. The number of ether oxygens (including phenoxy) is 1. The first-order valence-corrected chi connectivity index (χ1v) is 7.66. The molecule has 7 heteroatoms. The number of urea groups is 1. The van der Waals surface area contributed by atoms with E-state index in [1.54, 1.807) is 0 Å². The Bertz CT molecular complexity index is 377. The lowest BCUT2D eigenvalue weighted by molar-refractivity contribution is -0.142. The summed E-state index contributed by atoms with van der Waals surface area (Å²) in [7, 11) is 0. The van der Waals surface area contributed by atoms with Gasteiger partial charge in [0.15, 0.2) is 0 Å². The molecular formula is C14H25N3O4. The number of fused-ring (bicyclic) bond motifs is 1. The van der Waals surface area contributed by atoms with Crippen molar-refractivity contribution < 1.29 is 19.4 Å². The third-order valence-electron chi connectivity index (χ3n) is 4.20. The number of piperidine rings is 1. The van der Waals surface area contributed by atoms with Crippen LogP contribution < -0.4 is 5.32 Å². The van der Waals surface area contributed by atoms with Crippen molar-refractivity contribution in [1.82, 2.24) is 15.1 Å². The number of hydrogen-bond acceptors (Lipinski definition) is 4. The first-order valence-electron chi connectivity index (χ1n) is 7.66. The average Bonchev–Trinajstić information content (AvgIpc) is 2.45. The van der Waals surface area contributed by atoms with Gasteiger partial charge >= 0.3 is 12.0 Å². The number of amides is 2. The molecule has 2 fully saturated rings. The molecule has 0 saturated carbocycles. The Morgan fingerprint density at radius 3 is 2.90 bits per heavy atom. The van der Waals surface area contributed by atoms with Crippen LogP contribution in [0, 0.1) is 0 Å². The second kappa shape index (κ2) is 7.61. The van der Waals surface area contributed by atoms with Gasteiger partial charge in [0.2, 0.25) is 0 Å². The summed E-state index contributed by atoms with van der Waals surface area (Å²) >= 11 is 0. The molecule has 2 atom stereocenters.